The van der Waals surface area contributed by atoms with Crippen molar-refractivity contribution in [2.45, 2.75) is 6.92 Å². The van der Waals surface area contributed by atoms with Crippen LogP contribution in [0.3, 0.4) is 0 Å². The molecule has 3 rings (SSSR count). The van der Waals surface area contributed by atoms with E-state index in [1.54, 1.807) is 48.7 Å². The number of aryl methyl sites for hydroxylation is 1. The van der Waals surface area contributed by atoms with Gasteiger partial charge in [0.2, 0.25) is 5.88 Å². The number of carbonyl (C=O) groups is 1. The number of anilines is 1. The van der Waals surface area contributed by atoms with E-state index in [0.717, 1.165) is 5.56 Å². The molecule has 0 bridgehead atoms. The second kappa shape index (κ2) is 6.67. The number of nitriles is 1. The molecule has 0 fully saturated rings. The first-order valence-corrected chi connectivity index (χ1v) is 7.16. The van der Waals surface area contributed by atoms with Crippen molar-refractivity contribution in [1.82, 2.24) is 4.98 Å². The van der Waals surface area contributed by atoms with Gasteiger partial charge in [-0.1, -0.05) is 0 Å². The first-order valence-electron chi connectivity index (χ1n) is 7.16. The molecule has 24 heavy (non-hydrogen) atoms. The lowest BCUT2D eigenvalue weighted by atomic mass is 10.2. The van der Waals surface area contributed by atoms with Crippen LogP contribution in [-0.2, 0) is 0 Å². The Kier molecular flexibility index (Phi) is 4.25. The van der Waals surface area contributed by atoms with Crippen LogP contribution in [0.25, 0.3) is 0 Å². The monoisotopic (exact) mass is 319 g/mol. The predicted octanol–water partition coefficient (Wildman–Crippen LogP) is 3.90. The number of benzene rings is 1. The number of amides is 1. The van der Waals surface area contributed by atoms with Crippen molar-refractivity contribution in [3.8, 4) is 17.7 Å². The van der Waals surface area contributed by atoms with E-state index >= 15 is 0 Å². The highest BCUT2D eigenvalue weighted by Crippen LogP contribution is 2.27. The van der Waals surface area contributed by atoms with Gasteiger partial charge in [0.05, 0.1) is 6.26 Å². The molecular formula is C18H13N3O3. The van der Waals surface area contributed by atoms with Gasteiger partial charge in [0, 0.05) is 11.9 Å². The first kappa shape index (κ1) is 15.3. The van der Waals surface area contributed by atoms with Crippen molar-refractivity contribution in [2.75, 3.05) is 5.32 Å². The second-order valence-corrected chi connectivity index (χ2v) is 4.98. The number of aromatic nitrogens is 1. The van der Waals surface area contributed by atoms with Crippen molar-refractivity contribution in [2.24, 2.45) is 0 Å². The van der Waals surface area contributed by atoms with Crippen LogP contribution in [0.4, 0.5) is 5.69 Å². The summed E-state index contributed by atoms with van der Waals surface area (Å²) in [6, 6.07) is 13.7. The molecule has 0 spiro atoms. The normalized spacial score (nSPS) is 10.0. The molecule has 0 radical (unpaired) electrons. The number of ether oxygens (including phenoxy) is 1. The maximum absolute atomic E-state index is 12.0. The van der Waals surface area contributed by atoms with Crippen LogP contribution in [0.5, 0.6) is 11.6 Å². The molecule has 0 unspecified atom stereocenters. The Morgan fingerprint density at radius 1 is 1.29 bits per heavy atom. The fourth-order valence-corrected chi connectivity index (χ4v) is 2.10. The highest BCUT2D eigenvalue weighted by Gasteiger charge is 2.11. The molecule has 1 amide bonds. The number of nitrogens with one attached hydrogen (secondary N) is 1. The van der Waals surface area contributed by atoms with E-state index in [1.807, 2.05) is 13.0 Å². The van der Waals surface area contributed by atoms with Gasteiger partial charge in [0.25, 0.3) is 5.91 Å². The van der Waals surface area contributed by atoms with E-state index in [9.17, 15) is 4.79 Å². The van der Waals surface area contributed by atoms with E-state index in [4.69, 9.17) is 14.4 Å². The van der Waals surface area contributed by atoms with Crippen LogP contribution in [0.1, 0.15) is 21.7 Å². The summed E-state index contributed by atoms with van der Waals surface area (Å²) in [5, 5.41) is 11.8. The van der Waals surface area contributed by atoms with Gasteiger partial charge in [-0.25, -0.2) is 4.98 Å². The summed E-state index contributed by atoms with van der Waals surface area (Å²) in [5.41, 5.74) is 1.80. The zero-order chi connectivity index (χ0) is 16.9. The lowest BCUT2D eigenvalue weighted by Gasteiger charge is -2.10. The molecule has 6 nitrogen and oxygen atoms in total. The van der Waals surface area contributed by atoms with E-state index < -0.39 is 0 Å². The van der Waals surface area contributed by atoms with Crippen molar-refractivity contribution in [3.63, 3.8) is 0 Å². The minimum absolute atomic E-state index is 0.238. The number of nitrogens with zero attached hydrogens (tertiary/aromatic N) is 2. The van der Waals surface area contributed by atoms with Crippen LogP contribution < -0.4 is 10.1 Å². The zero-order valence-electron chi connectivity index (χ0n) is 12.8. The summed E-state index contributed by atoms with van der Waals surface area (Å²) in [6.45, 7) is 1.84. The topological polar surface area (TPSA) is 88.1 Å². The van der Waals surface area contributed by atoms with Gasteiger partial charge in [-0.05, 0) is 55.0 Å². The third-order valence-electron chi connectivity index (χ3n) is 3.30. The predicted molar refractivity (Wildman–Crippen MR) is 86.9 cm³/mol. The molecule has 0 aliphatic carbocycles. The van der Waals surface area contributed by atoms with Crippen molar-refractivity contribution >= 4 is 11.6 Å². The Morgan fingerprint density at radius 3 is 2.88 bits per heavy atom. The molecule has 0 atom stereocenters. The number of furan rings is 1. The van der Waals surface area contributed by atoms with Gasteiger partial charge >= 0.3 is 0 Å². The van der Waals surface area contributed by atoms with Crippen LogP contribution in [0.15, 0.2) is 59.3 Å². The number of hydrogen-bond acceptors (Lipinski definition) is 5. The van der Waals surface area contributed by atoms with Gasteiger partial charge in [0.15, 0.2) is 5.76 Å². The molecule has 1 N–H and O–H groups in total. The van der Waals surface area contributed by atoms with Crippen molar-refractivity contribution < 1.29 is 13.9 Å². The second-order valence-electron chi connectivity index (χ2n) is 4.98. The molecule has 0 aliphatic rings. The maximum Gasteiger partial charge on any atom is 0.291 e. The lowest BCUT2D eigenvalue weighted by molar-refractivity contribution is 0.0996. The Balaban J connectivity index is 1.78. The molecular weight excluding hydrogens is 306 g/mol. The van der Waals surface area contributed by atoms with E-state index in [2.05, 4.69) is 10.3 Å². The highest BCUT2D eigenvalue weighted by molar-refractivity contribution is 6.02. The quantitative estimate of drug-likeness (QED) is 0.788. The maximum atomic E-state index is 12.0. The number of pyridine rings is 1. The van der Waals surface area contributed by atoms with Crippen LogP contribution in [-0.4, -0.2) is 10.9 Å². The van der Waals surface area contributed by atoms with E-state index in [-0.39, 0.29) is 17.5 Å². The number of hydrogen-bond donors (Lipinski definition) is 1. The average Bonchev–Trinajstić information content (AvgIpc) is 3.12. The summed E-state index contributed by atoms with van der Waals surface area (Å²) in [5.74, 6) is 0.681. The average molecular weight is 319 g/mol. The van der Waals surface area contributed by atoms with Crippen molar-refractivity contribution in [3.05, 3.63) is 71.8 Å². The van der Waals surface area contributed by atoms with Crippen molar-refractivity contribution in [1.29, 1.82) is 5.26 Å². The minimum Gasteiger partial charge on any atom is -0.459 e. The molecule has 118 valence electrons. The van der Waals surface area contributed by atoms with Gasteiger partial charge in [-0.2, -0.15) is 5.26 Å². The third kappa shape index (κ3) is 3.25. The Bertz CT molecular complexity index is 912. The SMILES string of the molecule is Cc1cc(Oc2ncccc2C#N)ccc1NC(=O)c1ccco1. The highest BCUT2D eigenvalue weighted by atomic mass is 16.5. The molecule has 2 aromatic heterocycles. The summed E-state index contributed by atoms with van der Waals surface area (Å²) < 4.78 is 10.7. The fraction of sp³-hybridized carbons (Fsp3) is 0.0556. The molecule has 2 heterocycles. The van der Waals surface area contributed by atoms with Gasteiger partial charge in [-0.3, -0.25) is 4.79 Å². The smallest absolute Gasteiger partial charge is 0.291 e. The number of carbonyl (C=O) groups excluding carboxylic acids is 1. The van der Waals surface area contributed by atoms with Crippen LogP contribution >= 0.6 is 0 Å². The van der Waals surface area contributed by atoms with E-state index in [1.165, 1.54) is 6.26 Å². The Labute approximate surface area is 138 Å². The molecule has 0 saturated heterocycles. The Morgan fingerprint density at radius 2 is 2.17 bits per heavy atom. The van der Waals surface area contributed by atoms with E-state index in [0.29, 0.717) is 17.0 Å². The fourth-order valence-electron chi connectivity index (χ4n) is 2.10. The molecule has 3 aromatic rings. The number of rotatable bonds is 4. The molecule has 0 saturated carbocycles. The van der Waals surface area contributed by atoms with Gasteiger partial charge in [0.1, 0.15) is 17.4 Å². The molecule has 6 heteroatoms. The molecule has 0 aliphatic heterocycles. The molecule has 1 aromatic carbocycles. The zero-order valence-corrected chi connectivity index (χ0v) is 12.8. The van der Waals surface area contributed by atoms with Gasteiger partial charge in [-0.15, -0.1) is 0 Å². The van der Waals surface area contributed by atoms with Crippen LogP contribution in [0, 0.1) is 18.3 Å². The lowest BCUT2D eigenvalue weighted by Crippen LogP contribution is -2.11. The summed E-state index contributed by atoms with van der Waals surface area (Å²) >= 11 is 0. The summed E-state index contributed by atoms with van der Waals surface area (Å²) in [4.78, 5) is 16.1. The largest absolute Gasteiger partial charge is 0.459 e. The Hall–Kier alpha value is -3.59. The van der Waals surface area contributed by atoms with Gasteiger partial charge < -0.3 is 14.5 Å². The summed E-state index contributed by atoms with van der Waals surface area (Å²) in [7, 11) is 0. The summed E-state index contributed by atoms with van der Waals surface area (Å²) in [6.07, 6.45) is 3.00. The first-order chi connectivity index (χ1) is 11.7. The third-order valence-corrected chi connectivity index (χ3v) is 3.30. The minimum atomic E-state index is -0.326. The standard InChI is InChI=1S/C18H13N3O3/c1-12-10-14(24-18-13(11-19)4-2-8-20-18)6-7-15(12)21-17(22)16-5-3-9-23-16/h2-10H,1H3,(H,21,22). The van der Waals surface area contributed by atoms with Crippen LogP contribution in [0.2, 0.25) is 0 Å².